The van der Waals surface area contributed by atoms with E-state index in [9.17, 15) is 14.9 Å². The minimum absolute atomic E-state index is 0.0331. The zero-order chi connectivity index (χ0) is 26.6. The Bertz CT molecular complexity index is 1280. The second-order valence-corrected chi connectivity index (χ2v) is 11.2. The lowest BCUT2D eigenvalue weighted by molar-refractivity contribution is -0.384. The highest BCUT2D eigenvalue weighted by Crippen LogP contribution is 2.37. The van der Waals surface area contributed by atoms with Crippen molar-refractivity contribution in [3.05, 3.63) is 56.6 Å². The van der Waals surface area contributed by atoms with Crippen molar-refractivity contribution < 1.29 is 14.5 Å². The molecule has 3 heterocycles. The molecular weight excluding hydrogens is 526 g/mol. The topological polar surface area (TPSA) is 92.0 Å². The van der Waals surface area contributed by atoms with E-state index >= 15 is 0 Å². The summed E-state index contributed by atoms with van der Waals surface area (Å²) in [4.78, 5) is 36.4. The number of nitro groups is 1. The van der Waals surface area contributed by atoms with Crippen LogP contribution in [0.1, 0.15) is 41.6 Å². The Hall–Kier alpha value is -2.79. The number of nitrogens with zero attached hydrogens (tertiary/aromatic N) is 5. The summed E-state index contributed by atoms with van der Waals surface area (Å²) in [6.45, 7) is 7.97. The number of benzene rings is 2. The SMILES string of the molecule is Cc1ccc(Cl)c2sc(N(CCCN3CCOCC3)C(=O)c3ccc(N4CCCCC4)c([N+](=O)[O-])c3)nc12. The number of hydrogen-bond donors (Lipinski definition) is 0. The number of piperidine rings is 1. The van der Waals surface area contributed by atoms with Gasteiger partial charge in [0.1, 0.15) is 5.69 Å². The molecule has 1 aromatic heterocycles. The normalized spacial score (nSPS) is 16.6. The van der Waals surface area contributed by atoms with Crippen LogP contribution in [0.25, 0.3) is 10.2 Å². The number of halogens is 1. The number of fused-ring (bicyclic) bond motifs is 1. The summed E-state index contributed by atoms with van der Waals surface area (Å²) in [6, 6.07) is 8.62. The smallest absolute Gasteiger partial charge is 0.293 e. The minimum Gasteiger partial charge on any atom is -0.379 e. The molecule has 0 aliphatic carbocycles. The predicted octanol–water partition coefficient (Wildman–Crippen LogP) is 5.53. The van der Waals surface area contributed by atoms with E-state index in [0.29, 0.717) is 35.6 Å². The lowest BCUT2D eigenvalue weighted by Gasteiger charge is -2.29. The molecular formula is C27H32ClN5O4S. The molecule has 0 saturated carbocycles. The van der Waals surface area contributed by atoms with Gasteiger partial charge in [0.15, 0.2) is 5.13 Å². The molecule has 202 valence electrons. The summed E-state index contributed by atoms with van der Waals surface area (Å²) in [6.07, 6.45) is 3.89. The van der Waals surface area contributed by atoms with E-state index in [1.807, 2.05) is 24.0 Å². The summed E-state index contributed by atoms with van der Waals surface area (Å²) in [5.74, 6) is -0.298. The summed E-state index contributed by atoms with van der Waals surface area (Å²) in [5.41, 5.74) is 2.58. The van der Waals surface area contributed by atoms with Crippen LogP contribution in [-0.2, 0) is 4.74 Å². The van der Waals surface area contributed by atoms with Crippen molar-refractivity contribution in [3.8, 4) is 0 Å². The van der Waals surface area contributed by atoms with Crippen LogP contribution < -0.4 is 9.80 Å². The van der Waals surface area contributed by atoms with Crippen molar-refractivity contribution in [2.75, 3.05) is 62.3 Å². The maximum atomic E-state index is 13.9. The molecule has 5 rings (SSSR count). The molecule has 11 heteroatoms. The Morgan fingerprint density at radius 3 is 2.63 bits per heavy atom. The molecule has 0 unspecified atom stereocenters. The number of nitro benzene ring substituents is 1. The zero-order valence-electron chi connectivity index (χ0n) is 21.5. The van der Waals surface area contributed by atoms with Crippen LogP contribution in [0.15, 0.2) is 30.3 Å². The van der Waals surface area contributed by atoms with Gasteiger partial charge in [-0.3, -0.25) is 24.7 Å². The predicted molar refractivity (Wildman–Crippen MR) is 152 cm³/mol. The highest BCUT2D eigenvalue weighted by molar-refractivity contribution is 7.23. The molecule has 0 radical (unpaired) electrons. The Kier molecular flexibility index (Phi) is 8.42. The number of carbonyl (C=O) groups is 1. The third kappa shape index (κ3) is 5.78. The zero-order valence-corrected chi connectivity index (χ0v) is 23.1. The van der Waals surface area contributed by atoms with E-state index in [1.165, 1.54) is 17.4 Å². The first-order valence-corrected chi connectivity index (χ1v) is 14.3. The Balaban J connectivity index is 1.46. The first kappa shape index (κ1) is 26.8. The van der Waals surface area contributed by atoms with Gasteiger partial charge in [0.2, 0.25) is 0 Å². The Morgan fingerprint density at radius 2 is 1.92 bits per heavy atom. The number of hydrogen-bond acceptors (Lipinski definition) is 8. The van der Waals surface area contributed by atoms with Crippen molar-refractivity contribution in [2.24, 2.45) is 0 Å². The van der Waals surface area contributed by atoms with Crippen LogP contribution in [0.4, 0.5) is 16.5 Å². The molecule has 2 aliphatic rings. The average Bonchev–Trinajstić information content (AvgIpc) is 3.40. The van der Waals surface area contributed by atoms with Crippen LogP contribution in [0.5, 0.6) is 0 Å². The molecule has 38 heavy (non-hydrogen) atoms. The van der Waals surface area contributed by atoms with Crippen molar-refractivity contribution in [2.45, 2.75) is 32.6 Å². The van der Waals surface area contributed by atoms with Crippen molar-refractivity contribution in [3.63, 3.8) is 0 Å². The van der Waals surface area contributed by atoms with E-state index in [0.717, 1.165) is 74.2 Å². The first-order valence-electron chi connectivity index (χ1n) is 13.1. The van der Waals surface area contributed by atoms with E-state index in [4.69, 9.17) is 21.3 Å². The number of amides is 1. The van der Waals surface area contributed by atoms with Gasteiger partial charge < -0.3 is 9.64 Å². The summed E-state index contributed by atoms with van der Waals surface area (Å²) < 4.78 is 6.28. The minimum atomic E-state index is -0.385. The van der Waals surface area contributed by atoms with Crippen LogP contribution in [0, 0.1) is 17.0 Å². The quantitative estimate of drug-likeness (QED) is 0.266. The fraction of sp³-hybridized carbons (Fsp3) is 0.481. The largest absolute Gasteiger partial charge is 0.379 e. The van der Waals surface area contributed by atoms with Crippen LogP contribution in [0.3, 0.4) is 0 Å². The van der Waals surface area contributed by atoms with E-state index in [-0.39, 0.29) is 22.1 Å². The van der Waals surface area contributed by atoms with E-state index in [2.05, 4.69) is 4.90 Å². The van der Waals surface area contributed by atoms with Gasteiger partial charge in [-0.15, -0.1) is 0 Å². The number of ether oxygens (including phenoxy) is 1. The average molecular weight is 558 g/mol. The number of rotatable bonds is 8. The lowest BCUT2D eigenvalue weighted by Crippen LogP contribution is -2.39. The first-order chi connectivity index (χ1) is 18.4. The van der Waals surface area contributed by atoms with Gasteiger partial charge in [-0.05, 0) is 56.4 Å². The molecule has 2 saturated heterocycles. The molecule has 2 aliphatic heterocycles. The number of thiazole rings is 1. The van der Waals surface area contributed by atoms with E-state index in [1.54, 1.807) is 17.0 Å². The number of carbonyl (C=O) groups excluding carboxylic acids is 1. The van der Waals surface area contributed by atoms with Gasteiger partial charge >= 0.3 is 0 Å². The summed E-state index contributed by atoms with van der Waals surface area (Å²) in [7, 11) is 0. The van der Waals surface area contributed by atoms with Crippen LogP contribution in [0.2, 0.25) is 5.02 Å². The van der Waals surface area contributed by atoms with Gasteiger partial charge in [-0.2, -0.15) is 0 Å². The Morgan fingerprint density at radius 1 is 1.16 bits per heavy atom. The summed E-state index contributed by atoms with van der Waals surface area (Å²) in [5, 5.41) is 13.2. The van der Waals surface area contributed by atoms with Crippen molar-refractivity contribution >= 4 is 55.6 Å². The van der Waals surface area contributed by atoms with Gasteiger partial charge in [0.25, 0.3) is 11.6 Å². The maximum Gasteiger partial charge on any atom is 0.293 e. The fourth-order valence-electron chi connectivity index (χ4n) is 5.13. The molecule has 0 N–H and O–H groups in total. The van der Waals surface area contributed by atoms with Gasteiger partial charge in [0.05, 0.1) is 33.4 Å². The third-order valence-electron chi connectivity index (χ3n) is 7.24. The van der Waals surface area contributed by atoms with Crippen LogP contribution in [-0.4, -0.2) is 73.2 Å². The summed E-state index contributed by atoms with van der Waals surface area (Å²) >= 11 is 7.84. The number of aromatic nitrogens is 1. The fourth-order valence-corrected chi connectivity index (χ4v) is 6.47. The monoisotopic (exact) mass is 557 g/mol. The third-order valence-corrected chi connectivity index (χ3v) is 8.78. The molecule has 0 atom stereocenters. The van der Waals surface area contributed by atoms with Gasteiger partial charge in [-0.1, -0.05) is 29.0 Å². The molecule has 0 spiro atoms. The molecule has 2 aromatic carbocycles. The second kappa shape index (κ2) is 11.9. The molecule has 1 amide bonds. The van der Waals surface area contributed by atoms with E-state index < -0.39 is 0 Å². The van der Waals surface area contributed by atoms with Crippen LogP contribution >= 0.6 is 22.9 Å². The second-order valence-electron chi connectivity index (χ2n) is 9.81. The van der Waals surface area contributed by atoms with Gasteiger partial charge in [-0.25, -0.2) is 4.98 Å². The molecule has 9 nitrogen and oxygen atoms in total. The number of anilines is 2. The Labute approximate surface area is 231 Å². The molecule has 3 aromatic rings. The van der Waals surface area contributed by atoms with Crippen molar-refractivity contribution in [1.82, 2.24) is 9.88 Å². The number of aryl methyl sites for hydroxylation is 1. The standard InChI is InChI=1S/C27H32ClN5O4S/c1-19-6-8-21(28)25-24(19)29-27(38-25)32(13-5-10-30-14-16-37-17-15-30)26(34)20-7-9-22(23(18-20)33(35)36)31-11-3-2-4-12-31/h6-9,18H,2-5,10-17H2,1H3. The highest BCUT2D eigenvalue weighted by Gasteiger charge is 2.27. The molecule has 0 bridgehead atoms. The molecule has 2 fully saturated rings. The number of morpholine rings is 1. The maximum absolute atomic E-state index is 13.9. The van der Waals surface area contributed by atoms with Crippen molar-refractivity contribution in [1.29, 1.82) is 0 Å². The lowest BCUT2D eigenvalue weighted by atomic mass is 10.1. The van der Waals surface area contributed by atoms with Gasteiger partial charge in [0, 0.05) is 50.9 Å². The highest BCUT2D eigenvalue weighted by atomic mass is 35.5.